The molecule has 0 aliphatic rings. The number of nitrogens with one attached hydrogen (secondary N) is 1. The summed E-state index contributed by atoms with van der Waals surface area (Å²) in [4.78, 5) is 14.0. The van der Waals surface area contributed by atoms with E-state index in [0.29, 0.717) is 28.7 Å². The maximum absolute atomic E-state index is 11.9. The van der Waals surface area contributed by atoms with Gasteiger partial charge in [-0.3, -0.25) is 4.72 Å². The highest BCUT2D eigenvalue weighted by molar-refractivity contribution is 7.92. The van der Waals surface area contributed by atoms with Crippen molar-refractivity contribution in [2.45, 2.75) is 6.92 Å². The number of hydrogen-bond donors (Lipinski definition) is 1. The van der Waals surface area contributed by atoms with Crippen molar-refractivity contribution in [2.75, 3.05) is 11.0 Å². The summed E-state index contributed by atoms with van der Waals surface area (Å²) in [5, 5.41) is 0. The van der Waals surface area contributed by atoms with Crippen LogP contribution in [-0.4, -0.2) is 29.6 Å². The zero-order chi connectivity index (χ0) is 21.1. The zero-order valence-electron chi connectivity index (χ0n) is 16.6. The van der Waals surface area contributed by atoms with Crippen LogP contribution in [0.25, 0.3) is 34.2 Å². The van der Waals surface area contributed by atoms with Gasteiger partial charge in [0.15, 0.2) is 17.5 Å². The second-order valence-corrected chi connectivity index (χ2v) is 8.71. The van der Waals surface area contributed by atoms with Crippen molar-refractivity contribution in [2.24, 2.45) is 0 Å². The molecule has 1 aromatic heterocycles. The Morgan fingerprint density at radius 2 is 1.20 bits per heavy atom. The molecule has 1 heterocycles. The molecule has 0 fully saturated rings. The molecule has 7 heteroatoms. The van der Waals surface area contributed by atoms with Gasteiger partial charge >= 0.3 is 0 Å². The largest absolute Gasteiger partial charge is 0.283 e. The third kappa shape index (κ3) is 4.52. The standard InChI is InChI=1S/C23H20N4O2S/c1-16-13-14-19(20(15-16)27-30(2,28)29)23-25-21(17-9-5-3-6-10-17)24-22(26-23)18-11-7-4-8-12-18/h3-15,27H,1-2H3. The average molecular weight is 417 g/mol. The van der Waals surface area contributed by atoms with E-state index in [2.05, 4.69) is 19.7 Å². The van der Waals surface area contributed by atoms with Gasteiger partial charge in [-0.15, -0.1) is 0 Å². The lowest BCUT2D eigenvalue weighted by Crippen LogP contribution is -2.11. The third-order valence-electron chi connectivity index (χ3n) is 4.41. The minimum Gasteiger partial charge on any atom is -0.283 e. The van der Waals surface area contributed by atoms with Crippen molar-refractivity contribution in [1.82, 2.24) is 15.0 Å². The van der Waals surface area contributed by atoms with Crippen LogP contribution >= 0.6 is 0 Å². The van der Waals surface area contributed by atoms with Crippen molar-refractivity contribution in [3.63, 3.8) is 0 Å². The molecule has 0 aliphatic heterocycles. The van der Waals surface area contributed by atoms with Gasteiger partial charge in [0.25, 0.3) is 0 Å². The molecule has 0 unspecified atom stereocenters. The molecule has 30 heavy (non-hydrogen) atoms. The predicted molar refractivity (Wildman–Crippen MR) is 119 cm³/mol. The van der Waals surface area contributed by atoms with Crippen molar-refractivity contribution in [1.29, 1.82) is 0 Å². The SMILES string of the molecule is Cc1ccc(-c2nc(-c3ccccc3)nc(-c3ccccc3)n2)c(NS(C)(=O)=O)c1. The molecule has 150 valence electrons. The van der Waals surface area contributed by atoms with Crippen LogP contribution in [0.1, 0.15) is 5.56 Å². The van der Waals surface area contributed by atoms with Gasteiger partial charge in [0.2, 0.25) is 10.0 Å². The Bertz CT molecular complexity index is 1230. The van der Waals surface area contributed by atoms with Crippen LogP contribution in [-0.2, 0) is 10.0 Å². The van der Waals surface area contributed by atoms with E-state index in [1.165, 1.54) is 0 Å². The Kier molecular flexibility index (Phi) is 5.29. The number of aromatic nitrogens is 3. The van der Waals surface area contributed by atoms with Crippen LogP contribution in [0.3, 0.4) is 0 Å². The zero-order valence-corrected chi connectivity index (χ0v) is 17.4. The monoisotopic (exact) mass is 416 g/mol. The molecule has 0 atom stereocenters. The van der Waals surface area contributed by atoms with Crippen LogP contribution < -0.4 is 4.72 Å². The van der Waals surface area contributed by atoms with E-state index in [0.717, 1.165) is 22.9 Å². The van der Waals surface area contributed by atoms with Gasteiger partial charge in [0.05, 0.1) is 11.9 Å². The lowest BCUT2D eigenvalue weighted by Gasteiger charge is -2.13. The Balaban J connectivity index is 1.94. The fourth-order valence-corrected chi connectivity index (χ4v) is 3.63. The first-order valence-corrected chi connectivity index (χ1v) is 11.2. The van der Waals surface area contributed by atoms with E-state index in [1.54, 1.807) is 6.07 Å². The maximum atomic E-state index is 11.9. The molecule has 4 aromatic rings. The van der Waals surface area contributed by atoms with Crippen LogP contribution in [0, 0.1) is 6.92 Å². The van der Waals surface area contributed by atoms with Crippen LogP contribution in [0.2, 0.25) is 0 Å². The summed E-state index contributed by atoms with van der Waals surface area (Å²) in [7, 11) is -3.47. The Morgan fingerprint density at radius 3 is 1.70 bits per heavy atom. The van der Waals surface area contributed by atoms with Gasteiger partial charge in [-0.05, 0) is 24.6 Å². The maximum Gasteiger partial charge on any atom is 0.229 e. The quantitative estimate of drug-likeness (QED) is 0.516. The molecule has 4 rings (SSSR count). The first-order chi connectivity index (χ1) is 14.4. The minimum atomic E-state index is -3.47. The molecular formula is C23H20N4O2S. The van der Waals surface area contributed by atoms with Gasteiger partial charge in [-0.2, -0.15) is 0 Å². The van der Waals surface area contributed by atoms with Crippen molar-refractivity contribution < 1.29 is 8.42 Å². The normalized spacial score (nSPS) is 11.3. The van der Waals surface area contributed by atoms with E-state index in [4.69, 9.17) is 0 Å². The third-order valence-corrected chi connectivity index (χ3v) is 5.00. The Hall–Kier alpha value is -3.58. The van der Waals surface area contributed by atoms with Crippen LogP contribution in [0.15, 0.2) is 78.9 Å². The predicted octanol–water partition coefficient (Wildman–Crippen LogP) is 4.55. The fourth-order valence-electron chi connectivity index (χ4n) is 3.07. The lowest BCUT2D eigenvalue weighted by molar-refractivity contribution is 0.607. The second kappa shape index (κ2) is 8.04. The Labute approximate surface area is 175 Å². The van der Waals surface area contributed by atoms with Gasteiger partial charge in [-0.1, -0.05) is 66.7 Å². The van der Waals surface area contributed by atoms with E-state index >= 15 is 0 Å². The first kappa shape index (κ1) is 19.7. The van der Waals surface area contributed by atoms with Crippen molar-refractivity contribution in [3.8, 4) is 34.2 Å². The molecule has 1 N–H and O–H groups in total. The number of sulfonamides is 1. The second-order valence-electron chi connectivity index (χ2n) is 6.96. The first-order valence-electron chi connectivity index (χ1n) is 9.35. The molecule has 6 nitrogen and oxygen atoms in total. The fraction of sp³-hybridized carbons (Fsp3) is 0.0870. The highest BCUT2D eigenvalue weighted by Crippen LogP contribution is 2.30. The van der Waals surface area contributed by atoms with E-state index in [9.17, 15) is 8.42 Å². The molecule has 0 radical (unpaired) electrons. The molecule has 0 aliphatic carbocycles. The summed E-state index contributed by atoms with van der Waals surface area (Å²) in [5.74, 6) is 1.43. The summed E-state index contributed by atoms with van der Waals surface area (Å²) in [6.07, 6.45) is 1.12. The topological polar surface area (TPSA) is 84.8 Å². The van der Waals surface area contributed by atoms with Crippen LogP contribution in [0.4, 0.5) is 5.69 Å². The highest BCUT2D eigenvalue weighted by Gasteiger charge is 2.16. The average Bonchev–Trinajstić information content (AvgIpc) is 2.74. The molecular weight excluding hydrogens is 396 g/mol. The van der Waals surface area contributed by atoms with E-state index in [-0.39, 0.29) is 0 Å². The van der Waals surface area contributed by atoms with Gasteiger partial charge in [0, 0.05) is 16.7 Å². The molecule has 0 saturated carbocycles. The van der Waals surface area contributed by atoms with Crippen molar-refractivity contribution in [3.05, 3.63) is 84.4 Å². The number of rotatable bonds is 5. The highest BCUT2D eigenvalue weighted by atomic mass is 32.2. The summed E-state index contributed by atoms with van der Waals surface area (Å²) >= 11 is 0. The van der Waals surface area contributed by atoms with Gasteiger partial charge in [0.1, 0.15) is 0 Å². The van der Waals surface area contributed by atoms with Gasteiger partial charge < -0.3 is 0 Å². The summed E-state index contributed by atoms with van der Waals surface area (Å²) in [6.45, 7) is 1.90. The van der Waals surface area contributed by atoms with E-state index < -0.39 is 10.0 Å². The minimum absolute atomic E-state index is 0.397. The number of hydrogen-bond acceptors (Lipinski definition) is 5. The summed E-state index contributed by atoms with van der Waals surface area (Å²) < 4.78 is 26.4. The van der Waals surface area contributed by atoms with E-state index in [1.807, 2.05) is 79.7 Å². The van der Waals surface area contributed by atoms with Crippen LogP contribution in [0.5, 0.6) is 0 Å². The number of aryl methyl sites for hydroxylation is 1. The molecule has 3 aromatic carbocycles. The smallest absolute Gasteiger partial charge is 0.229 e. The van der Waals surface area contributed by atoms with Crippen molar-refractivity contribution >= 4 is 15.7 Å². The number of anilines is 1. The molecule has 0 amide bonds. The lowest BCUT2D eigenvalue weighted by atomic mass is 10.1. The Morgan fingerprint density at radius 1 is 0.700 bits per heavy atom. The summed E-state index contributed by atoms with van der Waals surface area (Å²) in [6, 6.07) is 24.7. The van der Waals surface area contributed by atoms with Gasteiger partial charge in [-0.25, -0.2) is 23.4 Å². The number of benzene rings is 3. The number of nitrogens with zero attached hydrogens (tertiary/aromatic N) is 3. The molecule has 0 saturated heterocycles. The summed E-state index contributed by atoms with van der Waals surface area (Å²) in [5.41, 5.74) is 3.64. The molecule has 0 spiro atoms. The molecule has 0 bridgehead atoms.